The second kappa shape index (κ2) is 8.37. The van der Waals surface area contributed by atoms with Gasteiger partial charge in [0.15, 0.2) is 0 Å². The summed E-state index contributed by atoms with van der Waals surface area (Å²) in [6.45, 7) is 7.65. The highest BCUT2D eigenvalue weighted by molar-refractivity contribution is 5.94. The molecule has 3 aliphatic rings. The molecule has 3 fully saturated rings. The zero-order valence-corrected chi connectivity index (χ0v) is 17.2. The molecule has 5 heteroatoms. The average molecular weight is 392 g/mol. The molecule has 5 rings (SSSR count). The van der Waals surface area contributed by atoms with Gasteiger partial charge in [0, 0.05) is 37.9 Å². The summed E-state index contributed by atoms with van der Waals surface area (Å²) in [4.78, 5) is 33.2. The van der Waals surface area contributed by atoms with Crippen LogP contribution in [0.3, 0.4) is 0 Å². The molecule has 1 amide bonds. The van der Waals surface area contributed by atoms with Crippen LogP contribution in [0.25, 0.3) is 11.3 Å². The van der Waals surface area contributed by atoms with Crippen molar-refractivity contribution in [3.8, 4) is 11.3 Å². The molecule has 0 unspecified atom stereocenters. The van der Waals surface area contributed by atoms with Crippen molar-refractivity contribution >= 4 is 5.91 Å². The summed E-state index contributed by atoms with van der Waals surface area (Å²) in [6, 6.07) is 13.6. The molecule has 0 saturated carbocycles. The van der Waals surface area contributed by atoms with Crippen molar-refractivity contribution in [2.45, 2.75) is 32.7 Å². The number of hydrogen-bond acceptors (Lipinski definition) is 3. The minimum Gasteiger partial charge on any atom is -0.337 e. The molecule has 152 valence electrons. The minimum atomic E-state index is -0.311. The van der Waals surface area contributed by atoms with Gasteiger partial charge in [-0.25, -0.2) is 0 Å². The minimum absolute atomic E-state index is 0.146. The number of allylic oxidation sites excluding steroid dienone is 1. The molecule has 1 aromatic carbocycles. The number of nitrogens with zero attached hydrogens (tertiary/aromatic N) is 2. The number of hydrogen-bond donors (Lipinski definition) is 1. The second-order valence-corrected chi connectivity index (χ2v) is 8.52. The van der Waals surface area contributed by atoms with Crippen molar-refractivity contribution in [3.05, 3.63) is 70.0 Å². The number of aromatic nitrogens is 1. The predicted octanol–water partition coefficient (Wildman–Crippen LogP) is 3.54. The Bertz CT molecular complexity index is 960. The van der Waals surface area contributed by atoms with Gasteiger partial charge in [-0.05, 0) is 50.3 Å². The Morgan fingerprint density at radius 2 is 1.86 bits per heavy atom. The van der Waals surface area contributed by atoms with E-state index in [4.69, 9.17) is 0 Å². The maximum absolute atomic E-state index is 13.2. The molecule has 5 nitrogen and oxygen atoms in total. The van der Waals surface area contributed by atoms with Gasteiger partial charge in [-0.1, -0.05) is 42.0 Å². The number of pyridine rings is 1. The molecule has 2 atom stereocenters. The Hall–Kier alpha value is -2.66. The van der Waals surface area contributed by atoms with Gasteiger partial charge in [0.1, 0.15) is 5.56 Å². The maximum Gasteiger partial charge on any atom is 0.261 e. The smallest absolute Gasteiger partial charge is 0.261 e. The topological polar surface area (TPSA) is 56.4 Å². The van der Waals surface area contributed by atoms with Crippen molar-refractivity contribution in [2.75, 3.05) is 26.2 Å². The fourth-order valence-electron chi connectivity index (χ4n) is 4.47. The highest BCUT2D eigenvalue weighted by Crippen LogP contribution is 2.28. The quantitative estimate of drug-likeness (QED) is 0.811. The van der Waals surface area contributed by atoms with Crippen LogP contribution in [0.5, 0.6) is 0 Å². The highest BCUT2D eigenvalue weighted by atomic mass is 16.2. The molecule has 4 heterocycles. The largest absolute Gasteiger partial charge is 0.337 e. The van der Waals surface area contributed by atoms with Gasteiger partial charge in [-0.15, -0.1) is 0 Å². The van der Waals surface area contributed by atoms with E-state index in [0.717, 1.165) is 43.7 Å². The van der Waals surface area contributed by atoms with E-state index in [1.807, 2.05) is 41.3 Å². The van der Waals surface area contributed by atoms with Gasteiger partial charge in [0.25, 0.3) is 11.5 Å². The average Bonchev–Trinajstić information content (AvgIpc) is 3.04. The third-order valence-corrected chi connectivity index (χ3v) is 6.07. The van der Waals surface area contributed by atoms with E-state index in [9.17, 15) is 9.59 Å². The van der Waals surface area contributed by atoms with E-state index in [2.05, 4.69) is 29.8 Å². The molecule has 0 spiro atoms. The van der Waals surface area contributed by atoms with Crippen molar-refractivity contribution < 1.29 is 4.79 Å². The lowest BCUT2D eigenvalue weighted by atomic mass is 9.95. The van der Waals surface area contributed by atoms with Crippen LogP contribution in [0, 0.1) is 5.92 Å². The van der Waals surface area contributed by atoms with Crippen LogP contribution in [0.1, 0.15) is 37.0 Å². The van der Waals surface area contributed by atoms with E-state index in [1.165, 1.54) is 5.57 Å². The summed E-state index contributed by atoms with van der Waals surface area (Å²) in [5, 5.41) is 0. The van der Waals surface area contributed by atoms with Crippen molar-refractivity contribution in [2.24, 2.45) is 5.92 Å². The number of carbonyl (C=O) groups is 1. The lowest BCUT2D eigenvalue weighted by Crippen LogP contribution is -2.44. The van der Waals surface area contributed by atoms with Gasteiger partial charge in [-0.3, -0.25) is 14.5 Å². The van der Waals surface area contributed by atoms with E-state index in [-0.39, 0.29) is 17.0 Å². The van der Waals surface area contributed by atoms with E-state index < -0.39 is 0 Å². The Morgan fingerprint density at radius 1 is 1.07 bits per heavy atom. The fraction of sp³-hybridized carbons (Fsp3) is 0.417. The summed E-state index contributed by atoms with van der Waals surface area (Å²) < 4.78 is 0. The molecule has 0 aliphatic carbocycles. The number of nitrogens with one attached hydrogen (secondary N) is 1. The molecule has 1 aromatic heterocycles. The molecule has 0 radical (unpaired) electrons. The summed E-state index contributed by atoms with van der Waals surface area (Å²) in [6.07, 6.45) is 4.54. The zero-order valence-electron chi connectivity index (χ0n) is 17.2. The van der Waals surface area contributed by atoms with Crippen LogP contribution >= 0.6 is 0 Å². The number of rotatable bonds is 4. The van der Waals surface area contributed by atoms with E-state index in [0.29, 0.717) is 18.5 Å². The molecule has 29 heavy (non-hydrogen) atoms. The van der Waals surface area contributed by atoms with Crippen LogP contribution in [0.2, 0.25) is 0 Å². The second-order valence-electron chi connectivity index (χ2n) is 8.52. The number of benzene rings is 1. The molecule has 3 aliphatic heterocycles. The number of piperidine rings is 1. The first-order valence-corrected chi connectivity index (χ1v) is 10.5. The van der Waals surface area contributed by atoms with Crippen LogP contribution in [0.4, 0.5) is 0 Å². The summed E-state index contributed by atoms with van der Waals surface area (Å²) in [5.74, 6) is 0.331. The summed E-state index contributed by atoms with van der Waals surface area (Å²) in [7, 11) is 0. The van der Waals surface area contributed by atoms with E-state index >= 15 is 0 Å². The van der Waals surface area contributed by atoms with Crippen molar-refractivity contribution in [3.63, 3.8) is 0 Å². The van der Waals surface area contributed by atoms with Crippen LogP contribution < -0.4 is 5.56 Å². The Kier molecular flexibility index (Phi) is 5.67. The van der Waals surface area contributed by atoms with Gasteiger partial charge in [0.05, 0.1) is 0 Å². The first kappa shape index (κ1) is 19.6. The van der Waals surface area contributed by atoms with Crippen LogP contribution in [-0.4, -0.2) is 52.9 Å². The third kappa shape index (κ3) is 4.35. The Morgan fingerprint density at radius 3 is 2.59 bits per heavy atom. The third-order valence-electron chi connectivity index (χ3n) is 6.07. The molecule has 2 aromatic rings. The highest BCUT2D eigenvalue weighted by Gasteiger charge is 2.36. The Balaban J connectivity index is 1.53. The SMILES string of the molecule is CC(C)=CCN1C[C@@H]2CC[C@H]1CN(C(=O)c1ccc(-c3ccccc3)[nH]c1=O)C2. The number of carbonyl (C=O) groups excluding carboxylic acids is 1. The summed E-state index contributed by atoms with van der Waals surface area (Å²) in [5.41, 5.74) is 2.92. The van der Waals surface area contributed by atoms with Gasteiger partial charge < -0.3 is 9.88 Å². The predicted molar refractivity (Wildman–Crippen MR) is 116 cm³/mol. The number of aromatic amines is 1. The first-order chi connectivity index (χ1) is 14.0. The molecule has 2 bridgehead atoms. The summed E-state index contributed by atoms with van der Waals surface area (Å²) >= 11 is 0. The van der Waals surface area contributed by atoms with Crippen LogP contribution in [0.15, 0.2) is 58.9 Å². The Labute approximate surface area is 172 Å². The lowest BCUT2D eigenvalue weighted by molar-refractivity contribution is 0.0738. The van der Waals surface area contributed by atoms with Gasteiger partial charge >= 0.3 is 0 Å². The number of H-pyrrole nitrogens is 1. The van der Waals surface area contributed by atoms with Crippen molar-refractivity contribution in [1.82, 2.24) is 14.8 Å². The molecule has 3 saturated heterocycles. The van der Waals surface area contributed by atoms with Crippen LogP contribution in [-0.2, 0) is 0 Å². The zero-order chi connectivity index (χ0) is 20.4. The normalized spacial score (nSPS) is 21.7. The maximum atomic E-state index is 13.2. The molecular formula is C24H29N3O2. The van der Waals surface area contributed by atoms with E-state index in [1.54, 1.807) is 6.07 Å². The first-order valence-electron chi connectivity index (χ1n) is 10.5. The fourth-order valence-corrected chi connectivity index (χ4v) is 4.47. The number of fused-ring (bicyclic) bond motifs is 4. The molecule has 1 N–H and O–H groups in total. The lowest BCUT2D eigenvalue weighted by Gasteiger charge is -2.35. The monoisotopic (exact) mass is 391 g/mol. The van der Waals surface area contributed by atoms with Gasteiger partial charge in [-0.2, -0.15) is 0 Å². The van der Waals surface area contributed by atoms with Gasteiger partial charge in [0.2, 0.25) is 0 Å². The number of amides is 1. The standard InChI is InChI=1S/C24H29N3O2/c1-17(2)12-13-26-14-18-8-9-20(26)16-27(15-18)24(29)21-10-11-22(25-23(21)28)19-6-4-3-5-7-19/h3-7,10-12,18,20H,8-9,13-16H2,1-2H3,(H,25,28)/t18-,20-/m0/s1. The molecular weight excluding hydrogens is 362 g/mol. The van der Waals surface area contributed by atoms with Crippen molar-refractivity contribution in [1.29, 1.82) is 0 Å².